The highest BCUT2D eigenvalue weighted by Crippen LogP contribution is 2.07. The molecule has 0 aromatic carbocycles. The van der Waals surface area contributed by atoms with E-state index in [1.807, 2.05) is 13.8 Å². The van der Waals surface area contributed by atoms with Crippen LogP contribution in [-0.4, -0.2) is 71.1 Å². The van der Waals surface area contributed by atoms with Gasteiger partial charge in [0, 0.05) is 6.42 Å². The predicted octanol–water partition coefficient (Wildman–Crippen LogP) is -1.48. The lowest BCUT2D eigenvalue weighted by Crippen LogP contribution is -2.54. The second kappa shape index (κ2) is 15.1. The number of carbonyl (C=O) groups excluding carboxylic acids is 3. The zero-order valence-corrected chi connectivity index (χ0v) is 18.1. The zero-order valence-electron chi connectivity index (χ0n) is 18.1. The van der Waals surface area contributed by atoms with E-state index in [2.05, 4.69) is 16.0 Å². The predicted molar refractivity (Wildman–Crippen MR) is 112 cm³/mol. The summed E-state index contributed by atoms with van der Waals surface area (Å²) < 4.78 is 0. The highest BCUT2D eigenvalue weighted by molar-refractivity contribution is 5.92. The number of nitrogens with one attached hydrogen (secondary N) is 3. The largest absolute Gasteiger partial charge is 0.481 e. The topological polar surface area (TPSA) is 214 Å². The molecule has 0 fully saturated rings. The van der Waals surface area contributed by atoms with Crippen LogP contribution in [0.4, 0.5) is 0 Å². The van der Waals surface area contributed by atoms with Crippen LogP contribution in [0.25, 0.3) is 0 Å². The summed E-state index contributed by atoms with van der Waals surface area (Å²) in [5.41, 5.74) is 11.1. The van der Waals surface area contributed by atoms with E-state index in [0.29, 0.717) is 19.4 Å². The van der Waals surface area contributed by atoms with Gasteiger partial charge in [-0.15, -0.1) is 0 Å². The van der Waals surface area contributed by atoms with Crippen LogP contribution in [-0.2, 0) is 24.0 Å². The van der Waals surface area contributed by atoms with Crippen molar-refractivity contribution in [2.24, 2.45) is 17.4 Å². The third-order valence-corrected chi connectivity index (χ3v) is 4.35. The molecule has 178 valence electrons. The lowest BCUT2D eigenvalue weighted by molar-refractivity contribution is -0.143. The first-order valence-electron chi connectivity index (χ1n) is 10.3. The highest BCUT2D eigenvalue weighted by Gasteiger charge is 2.27. The first kappa shape index (κ1) is 28.3. The van der Waals surface area contributed by atoms with Crippen molar-refractivity contribution in [3.05, 3.63) is 0 Å². The quantitative estimate of drug-likeness (QED) is 0.138. The molecule has 0 saturated carbocycles. The normalized spacial score (nSPS) is 13.7. The van der Waals surface area contributed by atoms with Crippen LogP contribution in [0.5, 0.6) is 0 Å². The maximum Gasteiger partial charge on any atom is 0.326 e. The van der Waals surface area contributed by atoms with Crippen molar-refractivity contribution in [2.75, 3.05) is 13.1 Å². The van der Waals surface area contributed by atoms with Crippen molar-refractivity contribution >= 4 is 29.7 Å². The molecule has 0 rings (SSSR count). The smallest absolute Gasteiger partial charge is 0.326 e. The fourth-order valence-corrected chi connectivity index (χ4v) is 2.68. The van der Waals surface area contributed by atoms with Crippen molar-refractivity contribution in [1.29, 1.82) is 0 Å². The third-order valence-electron chi connectivity index (χ3n) is 4.35. The molecule has 3 atom stereocenters. The number of hydrogen-bond donors (Lipinski definition) is 7. The highest BCUT2D eigenvalue weighted by atomic mass is 16.4. The van der Waals surface area contributed by atoms with Crippen molar-refractivity contribution < 1.29 is 34.2 Å². The Balaban J connectivity index is 4.82. The molecule has 0 aliphatic heterocycles. The van der Waals surface area contributed by atoms with Crippen molar-refractivity contribution in [1.82, 2.24) is 16.0 Å². The molecule has 0 radical (unpaired) electrons. The molecule has 3 unspecified atom stereocenters. The van der Waals surface area contributed by atoms with Crippen molar-refractivity contribution in [3.63, 3.8) is 0 Å². The number of aliphatic carboxylic acids is 2. The SMILES string of the molecule is CC(C)CC(NC(=O)CNC(=O)C(N)CCCCN)C(=O)NC(CCC(=O)O)C(=O)O. The zero-order chi connectivity index (χ0) is 24.0. The number of unbranched alkanes of at least 4 members (excludes halogenated alkanes) is 1. The fourth-order valence-electron chi connectivity index (χ4n) is 2.68. The van der Waals surface area contributed by atoms with Gasteiger partial charge in [0.15, 0.2) is 0 Å². The van der Waals surface area contributed by atoms with E-state index >= 15 is 0 Å². The van der Waals surface area contributed by atoms with Gasteiger partial charge in [0.25, 0.3) is 0 Å². The van der Waals surface area contributed by atoms with Crippen LogP contribution in [0.3, 0.4) is 0 Å². The van der Waals surface area contributed by atoms with Crippen LogP contribution >= 0.6 is 0 Å². The number of rotatable bonds is 16. The molecule has 0 aromatic rings. The van der Waals surface area contributed by atoms with Crippen LogP contribution in [0.15, 0.2) is 0 Å². The summed E-state index contributed by atoms with van der Waals surface area (Å²) in [6.45, 7) is 3.73. The molecular formula is C19H35N5O7. The number of nitrogens with two attached hydrogens (primary N) is 2. The van der Waals surface area contributed by atoms with Gasteiger partial charge in [-0.1, -0.05) is 20.3 Å². The molecule has 31 heavy (non-hydrogen) atoms. The Morgan fingerprint density at radius 2 is 1.55 bits per heavy atom. The van der Waals surface area contributed by atoms with Gasteiger partial charge in [-0.05, 0) is 38.1 Å². The average molecular weight is 446 g/mol. The van der Waals surface area contributed by atoms with Crippen LogP contribution in [0.1, 0.15) is 52.4 Å². The average Bonchev–Trinajstić information content (AvgIpc) is 2.67. The molecule has 0 saturated heterocycles. The molecule has 12 heteroatoms. The van der Waals surface area contributed by atoms with E-state index in [-0.39, 0.29) is 18.8 Å². The van der Waals surface area contributed by atoms with Gasteiger partial charge in [0.2, 0.25) is 17.7 Å². The fraction of sp³-hybridized carbons (Fsp3) is 0.737. The lowest BCUT2D eigenvalue weighted by atomic mass is 10.0. The van der Waals surface area contributed by atoms with Gasteiger partial charge in [-0.25, -0.2) is 4.79 Å². The minimum absolute atomic E-state index is 0.0103. The Bertz CT molecular complexity index is 627. The molecule has 0 aromatic heterocycles. The number of amides is 3. The second-order valence-corrected chi connectivity index (χ2v) is 7.69. The molecule has 0 heterocycles. The van der Waals surface area contributed by atoms with Crippen molar-refractivity contribution in [3.8, 4) is 0 Å². The Morgan fingerprint density at radius 1 is 0.903 bits per heavy atom. The standard InChI is InChI=1S/C19H35N5O7/c1-11(2)9-14(18(29)24-13(19(30)31)6-7-16(26)27)23-15(25)10-22-17(28)12(21)5-3-4-8-20/h11-14H,3-10,20-21H2,1-2H3,(H,22,28)(H,23,25)(H,24,29)(H,26,27)(H,30,31). The van der Waals surface area contributed by atoms with Crippen LogP contribution < -0.4 is 27.4 Å². The van der Waals surface area contributed by atoms with Gasteiger partial charge >= 0.3 is 11.9 Å². The third kappa shape index (κ3) is 13.2. The molecular weight excluding hydrogens is 410 g/mol. The lowest BCUT2D eigenvalue weighted by Gasteiger charge is -2.23. The van der Waals surface area contributed by atoms with E-state index in [0.717, 1.165) is 6.42 Å². The summed E-state index contributed by atoms with van der Waals surface area (Å²) in [5, 5.41) is 25.0. The Labute approximate surface area is 181 Å². The minimum atomic E-state index is -1.40. The Hall–Kier alpha value is -2.73. The molecule has 0 aliphatic carbocycles. The second-order valence-electron chi connectivity index (χ2n) is 7.69. The summed E-state index contributed by atoms with van der Waals surface area (Å²) in [6.07, 6.45) is 1.33. The number of carboxylic acids is 2. The summed E-state index contributed by atoms with van der Waals surface area (Å²) in [5.74, 6) is -4.46. The summed E-state index contributed by atoms with van der Waals surface area (Å²) in [4.78, 5) is 58.6. The van der Waals surface area contributed by atoms with Gasteiger partial charge in [0.1, 0.15) is 12.1 Å². The van der Waals surface area contributed by atoms with E-state index in [1.54, 1.807) is 0 Å². The molecule has 3 amide bonds. The molecule has 12 nitrogen and oxygen atoms in total. The van der Waals surface area contributed by atoms with E-state index in [1.165, 1.54) is 0 Å². The summed E-state index contributed by atoms with van der Waals surface area (Å²) in [6, 6.07) is -3.23. The van der Waals surface area contributed by atoms with Gasteiger partial charge in [-0.3, -0.25) is 19.2 Å². The molecule has 0 aliphatic rings. The van der Waals surface area contributed by atoms with Gasteiger partial charge in [-0.2, -0.15) is 0 Å². The Kier molecular flexibility index (Phi) is 13.8. The minimum Gasteiger partial charge on any atom is -0.481 e. The molecule has 0 bridgehead atoms. The molecule has 0 spiro atoms. The first-order chi connectivity index (χ1) is 14.5. The number of carboxylic acid groups (broad SMARTS) is 2. The Morgan fingerprint density at radius 3 is 2.06 bits per heavy atom. The molecule has 9 N–H and O–H groups in total. The maximum absolute atomic E-state index is 12.5. The van der Waals surface area contributed by atoms with Crippen molar-refractivity contribution in [2.45, 2.75) is 70.5 Å². The number of hydrogen-bond acceptors (Lipinski definition) is 7. The maximum atomic E-state index is 12.5. The first-order valence-corrected chi connectivity index (χ1v) is 10.3. The van der Waals surface area contributed by atoms with Crippen LogP contribution in [0.2, 0.25) is 0 Å². The van der Waals surface area contributed by atoms with Gasteiger partial charge in [0.05, 0.1) is 12.6 Å². The monoisotopic (exact) mass is 445 g/mol. The van der Waals surface area contributed by atoms with Gasteiger partial charge < -0.3 is 37.6 Å². The summed E-state index contributed by atoms with van der Waals surface area (Å²) >= 11 is 0. The number of carbonyl (C=O) groups is 5. The van der Waals surface area contributed by atoms with E-state index in [9.17, 15) is 29.1 Å². The van der Waals surface area contributed by atoms with Crippen LogP contribution in [0, 0.1) is 5.92 Å². The van der Waals surface area contributed by atoms with E-state index in [4.69, 9.17) is 16.6 Å². The van der Waals surface area contributed by atoms with E-state index < -0.39 is 60.8 Å². The summed E-state index contributed by atoms with van der Waals surface area (Å²) in [7, 11) is 0.